The lowest BCUT2D eigenvalue weighted by Gasteiger charge is -2.10. The smallest absolute Gasteiger partial charge is 0.354 e. The molecule has 0 bridgehead atoms. The van der Waals surface area contributed by atoms with E-state index in [4.69, 9.17) is 4.74 Å². The topological polar surface area (TPSA) is 121 Å². The van der Waals surface area contributed by atoms with Gasteiger partial charge in [-0.1, -0.05) is 24.3 Å². The molecule has 32 heavy (non-hydrogen) atoms. The van der Waals surface area contributed by atoms with E-state index in [2.05, 4.69) is 15.0 Å². The van der Waals surface area contributed by atoms with E-state index in [9.17, 15) is 19.7 Å². The Balaban J connectivity index is 1.89. The fourth-order valence-electron chi connectivity index (χ4n) is 2.82. The molecule has 0 aliphatic rings. The van der Waals surface area contributed by atoms with Crippen molar-refractivity contribution < 1.29 is 24.0 Å². The number of nitrogens with one attached hydrogen (secondary N) is 1. The Morgan fingerprint density at radius 2 is 1.91 bits per heavy atom. The summed E-state index contributed by atoms with van der Waals surface area (Å²) >= 11 is 1.38. The zero-order valence-electron chi connectivity index (χ0n) is 17.4. The molecule has 0 radical (unpaired) electrons. The summed E-state index contributed by atoms with van der Waals surface area (Å²) in [5.74, 6) is -1.43. The monoisotopic (exact) mass is 453 g/mol. The standard InChI is InChI=1S/C22H19N3O6S/c1-13-7-8-14(10-19(13)25(28)29)18-12-32-21(24-18)15-5-4-6-16(9-15)23-17(22(27)31-3)11-20(26)30-2/h4-12,23H,1-3H3/b17-11+. The number of benzene rings is 2. The number of thiazole rings is 1. The van der Waals surface area contributed by atoms with Crippen LogP contribution in [0, 0.1) is 17.0 Å². The predicted molar refractivity (Wildman–Crippen MR) is 120 cm³/mol. The van der Waals surface area contributed by atoms with E-state index >= 15 is 0 Å². The number of carbonyl (C=O) groups is 2. The molecule has 164 valence electrons. The Morgan fingerprint density at radius 1 is 1.12 bits per heavy atom. The van der Waals surface area contributed by atoms with Gasteiger partial charge in [0.1, 0.15) is 10.7 Å². The summed E-state index contributed by atoms with van der Waals surface area (Å²) in [5.41, 5.74) is 3.09. The molecule has 3 rings (SSSR count). The number of nitro groups is 1. The largest absolute Gasteiger partial charge is 0.466 e. The van der Waals surface area contributed by atoms with Gasteiger partial charge >= 0.3 is 11.9 Å². The predicted octanol–water partition coefficient (Wildman–Crippen LogP) is 4.34. The van der Waals surface area contributed by atoms with Gasteiger partial charge < -0.3 is 14.8 Å². The van der Waals surface area contributed by atoms with Crippen LogP contribution in [0.3, 0.4) is 0 Å². The maximum Gasteiger partial charge on any atom is 0.354 e. The molecular weight excluding hydrogens is 434 g/mol. The van der Waals surface area contributed by atoms with Gasteiger partial charge in [-0.15, -0.1) is 11.3 Å². The summed E-state index contributed by atoms with van der Waals surface area (Å²) in [5, 5.41) is 16.6. The Labute approximate surface area is 187 Å². The van der Waals surface area contributed by atoms with Crippen molar-refractivity contribution in [1.82, 2.24) is 4.98 Å². The normalized spacial score (nSPS) is 11.0. The zero-order valence-corrected chi connectivity index (χ0v) is 18.3. The first-order valence-electron chi connectivity index (χ1n) is 9.28. The molecule has 10 heteroatoms. The lowest BCUT2D eigenvalue weighted by molar-refractivity contribution is -0.385. The van der Waals surface area contributed by atoms with Crippen LogP contribution >= 0.6 is 11.3 Å². The summed E-state index contributed by atoms with van der Waals surface area (Å²) in [7, 11) is 2.41. The fraction of sp³-hybridized carbons (Fsp3) is 0.136. The van der Waals surface area contributed by atoms with Crippen LogP contribution in [0.2, 0.25) is 0 Å². The second kappa shape index (κ2) is 9.84. The molecular formula is C22H19N3O6S. The molecule has 2 aromatic carbocycles. The minimum atomic E-state index is -0.724. The van der Waals surface area contributed by atoms with Crippen molar-refractivity contribution in [3.8, 4) is 21.8 Å². The van der Waals surface area contributed by atoms with Crippen molar-refractivity contribution in [2.24, 2.45) is 0 Å². The lowest BCUT2D eigenvalue weighted by atomic mass is 10.1. The molecule has 3 aromatic rings. The van der Waals surface area contributed by atoms with Gasteiger partial charge in [-0.25, -0.2) is 14.6 Å². The van der Waals surface area contributed by atoms with E-state index in [1.807, 2.05) is 11.4 Å². The maximum absolute atomic E-state index is 12.0. The van der Waals surface area contributed by atoms with Gasteiger partial charge in [-0.3, -0.25) is 10.1 Å². The third kappa shape index (κ3) is 5.16. The molecule has 0 aliphatic heterocycles. The second-order valence-corrected chi connectivity index (χ2v) is 7.43. The van der Waals surface area contributed by atoms with E-state index in [1.165, 1.54) is 31.6 Å². The molecule has 1 heterocycles. The maximum atomic E-state index is 12.0. The highest BCUT2D eigenvalue weighted by atomic mass is 32.1. The average Bonchev–Trinajstić information content (AvgIpc) is 3.28. The average molecular weight is 453 g/mol. The number of carbonyl (C=O) groups excluding carboxylic acids is 2. The number of methoxy groups -OCH3 is 2. The Morgan fingerprint density at radius 3 is 2.59 bits per heavy atom. The van der Waals surface area contributed by atoms with Gasteiger partial charge in [0.15, 0.2) is 0 Å². The lowest BCUT2D eigenvalue weighted by Crippen LogP contribution is -2.15. The number of esters is 2. The van der Waals surface area contributed by atoms with Crippen LogP contribution in [0.4, 0.5) is 11.4 Å². The Hall–Kier alpha value is -4.05. The van der Waals surface area contributed by atoms with E-state index in [1.54, 1.807) is 37.3 Å². The number of nitrogens with zero attached hydrogens (tertiary/aromatic N) is 2. The molecule has 0 saturated carbocycles. The number of anilines is 1. The number of hydrogen-bond donors (Lipinski definition) is 1. The third-order valence-corrected chi connectivity index (χ3v) is 5.35. The van der Waals surface area contributed by atoms with Gasteiger partial charge in [0, 0.05) is 33.8 Å². The molecule has 1 aromatic heterocycles. The van der Waals surface area contributed by atoms with Crippen LogP contribution in [0.25, 0.3) is 21.8 Å². The van der Waals surface area contributed by atoms with Crippen LogP contribution in [-0.2, 0) is 19.1 Å². The first-order valence-corrected chi connectivity index (χ1v) is 10.2. The highest BCUT2D eigenvalue weighted by Crippen LogP contribution is 2.32. The zero-order chi connectivity index (χ0) is 23.3. The van der Waals surface area contributed by atoms with E-state index in [0.29, 0.717) is 27.5 Å². The van der Waals surface area contributed by atoms with Crippen LogP contribution in [0.15, 0.2) is 59.6 Å². The molecule has 0 fully saturated rings. The van der Waals surface area contributed by atoms with Crippen molar-refractivity contribution in [1.29, 1.82) is 0 Å². The van der Waals surface area contributed by atoms with Gasteiger partial charge in [0.05, 0.1) is 30.9 Å². The number of rotatable bonds is 7. The van der Waals surface area contributed by atoms with Crippen LogP contribution in [0.1, 0.15) is 5.56 Å². The van der Waals surface area contributed by atoms with Gasteiger partial charge in [-0.05, 0) is 19.1 Å². The van der Waals surface area contributed by atoms with Crippen LogP contribution < -0.4 is 5.32 Å². The van der Waals surface area contributed by atoms with Gasteiger partial charge in [-0.2, -0.15) is 0 Å². The SMILES string of the molecule is COC(=O)/C=C(/Nc1cccc(-c2nc(-c3ccc(C)c([N+](=O)[O-])c3)cs2)c1)C(=O)OC. The molecule has 0 atom stereocenters. The molecule has 9 nitrogen and oxygen atoms in total. The molecule has 1 N–H and O–H groups in total. The molecule has 0 amide bonds. The Bertz CT molecular complexity index is 1220. The summed E-state index contributed by atoms with van der Waals surface area (Å²) in [6.45, 7) is 1.68. The first-order chi connectivity index (χ1) is 15.3. The second-order valence-electron chi connectivity index (χ2n) is 6.57. The first kappa shape index (κ1) is 22.6. The third-order valence-electron chi connectivity index (χ3n) is 4.46. The number of aromatic nitrogens is 1. The van der Waals surface area contributed by atoms with Crippen LogP contribution in [0.5, 0.6) is 0 Å². The van der Waals surface area contributed by atoms with E-state index in [0.717, 1.165) is 11.6 Å². The van der Waals surface area contributed by atoms with Gasteiger partial charge in [0.2, 0.25) is 0 Å². The molecule has 0 unspecified atom stereocenters. The highest BCUT2D eigenvalue weighted by molar-refractivity contribution is 7.13. The summed E-state index contributed by atoms with van der Waals surface area (Å²) in [4.78, 5) is 38.9. The van der Waals surface area contributed by atoms with Crippen LogP contribution in [-0.4, -0.2) is 36.1 Å². The summed E-state index contributed by atoms with van der Waals surface area (Å²) in [6.07, 6.45) is 1.00. The fourth-order valence-corrected chi connectivity index (χ4v) is 3.65. The van der Waals surface area contributed by atoms with E-state index in [-0.39, 0.29) is 11.4 Å². The van der Waals surface area contributed by atoms with Crippen molar-refractivity contribution in [2.75, 3.05) is 19.5 Å². The highest BCUT2D eigenvalue weighted by Gasteiger charge is 2.16. The number of aryl methyl sites for hydroxylation is 1. The summed E-state index contributed by atoms with van der Waals surface area (Å²) < 4.78 is 9.26. The molecule has 0 saturated heterocycles. The number of ether oxygens (including phenoxy) is 2. The summed E-state index contributed by atoms with van der Waals surface area (Å²) in [6, 6.07) is 12.1. The minimum absolute atomic E-state index is 0.0379. The van der Waals surface area contributed by atoms with Gasteiger partial charge in [0.25, 0.3) is 5.69 Å². The van der Waals surface area contributed by atoms with E-state index < -0.39 is 16.9 Å². The molecule has 0 spiro atoms. The van der Waals surface area contributed by atoms with Crippen molar-refractivity contribution >= 4 is 34.7 Å². The Kier molecular flexibility index (Phi) is 6.96. The number of hydrogen-bond acceptors (Lipinski definition) is 9. The quantitative estimate of drug-likeness (QED) is 0.243. The van der Waals surface area contributed by atoms with Crippen molar-refractivity contribution in [3.63, 3.8) is 0 Å². The van der Waals surface area contributed by atoms with Crippen molar-refractivity contribution in [3.05, 3.63) is 75.3 Å². The molecule has 0 aliphatic carbocycles. The number of nitro benzene ring substituents is 1. The minimum Gasteiger partial charge on any atom is -0.466 e. The van der Waals surface area contributed by atoms with Crippen molar-refractivity contribution in [2.45, 2.75) is 6.92 Å².